The van der Waals surface area contributed by atoms with Gasteiger partial charge < -0.3 is 15.4 Å². The molecule has 4 nitrogen and oxygen atoms in total. The van der Waals surface area contributed by atoms with Gasteiger partial charge >= 0.3 is 0 Å². The third-order valence-electron chi connectivity index (χ3n) is 3.22. The summed E-state index contributed by atoms with van der Waals surface area (Å²) < 4.78 is 5.23. The van der Waals surface area contributed by atoms with Gasteiger partial charge in [-0.3, -0.25) is 4.79 Å². The summed E-state index contributed by atoms with van der Waals surface area (Å²) in [7, 11) is 3.34. The van der Waals surface area contributed by atoms with Gasteiger partial charge in [-0.05, 0) is 30.5 Å². The molecule has 0 heterocycles. The second-order valence-corrected chi connectivity index (χ2v) is 5.06. The molecule has 0 bridgehead atoms. The molecular weight excluding hydrogens is 240 g/mol. The van der Waals surface area contributed by atoms with Crippen molar-refractivity contribution in [2.45, 2.75) is 26.8 Å². The van der Waals surface area contributed by atoms with Crippen molar-refractivity contribution in [3.63, 3.8) is 0 Å². The van der Waals surface area contributed by atoms with Crippen molar-refractivity contribution in [3.05, 3.63) is 29.3 Å². The van der Waals surface area contributed by atoms with E-state index >= 15 is 0 Å². The molecule has 106 valence electrons. The molecule has 0 aliphatic heterocycles. The molecule has 0 radical (unpaired) electrons. The Labute approximate surface area is 115 Å². The molecule has 0 saturated carbocycles. The topological polar surface area (TPSA) is 50.4 Å². The van der Waals surface area contributed by atoms with Crippen LogP contribution in [0.15, 0.2) is 18.2 Å². The van der Waals surface area contributed by atoms with E-state index in [0.717, 1.165) is 11.3 Å². The number of carbonyl (C=O) groups excluding carboxylic acids is 1. The Morgan fingerprint density at radius 2 is 2.05 bits per heavy atom. The molecule has 4 heteroatoms. The Morgan fingerprint density at radius 3 is 2.58 bits per heavy atom. The van der Waals surface area contributed by atoms with Crippen molar-refractivity contribution < 1.29 is 9.53 Å². The molecule has 0 spiro atoms. The van der Waals surface area contributed by atoms with E-state index in [1.54, 1.807) is 14.2 Å². The van der Waals surface area contributed by atoms with Crippen molar-refractivity contribution >= 4 is 11.6 Å². The summed E-state index contributed by atoms with van der Waals surface area (Å²) in [5.74, 6) is 0.374. The highest BCUT2D eigenvalue weighted by Gasteiger charge is 2.15. The Hall–Kier alpha value is -1.55. The molecule has 0 fully saturated rings. The number of aryl methyl sites for hydroxylation is 1. The van der Waals surface area contributed by atoms with Gasteiger partial charge in [0.05, 0.1) is 12.6 Å². The summed E-state index contributed by atoms with van der Waals surface area (Å²) >= 11 is 0. The zero-order valence-electron chi connectivity index (χ0n) is 12.4. The van der Waals surface area contributed by atoms with Crippen LogP contribution in [-0.2, 0) is 4.74 Å². The number of hydrogen-bond acceptors (Lipinski definition) is 3. The predicted octanol–water partition coefficient (Wildman–Crippen LogP) is 2.44. The Balaban J connectivity index is 2.95. The second kappa shape index (κ2) is 7.14. The van der Waals surface area contributed by atoms with E-state index in [4.69, 9.17) is 4.74 Å². The first-order valence-corrected chi connectivity index (χ1v) is 6.57. The highest BCUT2D eigenvalue weighted by molar-refractivity contribution is 5.95. The molecule has 1 atom stereocenters. The monoisotopic (exact) mass is 264 g/mol. The summed E-state index contributed by atoms with van der Waals surface area (Å²) in [5, 5.41) is 6.10. The maximum absolute atomic E-state index is 11.7. The third kappa shape index (κ3) is 4.24. The Kier molecular flexibility index (Phi) is 5.83. The van der Waals surface area contributed by atoms with E-state index < -0.39 is 0 Å². The fraction of sp³-hybridized carbons (Fsp3) is 0.533. The van der Waals surface area contributed by atoms with E-state index in [1.807, 2.05) is 25.1 Å². The molecule has 0 aliphatic carbocycles. The summed E-state index contributed by atoms with van der Waals surface area (Å²) in [6.45, 7) is 6.96. The lowest BCUT2D eigenvalue weighted by atomic mass is 10.0. The van der Waals surface area contributed by atoms with E-state index in [1.165, 1.54) is 0 Å². The minimum Gasteiger partial charge on any atom is -0.383 e. The zero-order chi connectivity index (χ0) is 14.4. The van der Waals surface area contributed by atoms with E-state index in [9.17, 15) is 4.79 Å². The highest BCUT2D eigenvalue weighted by Crippen LogP contribution is 2.20. The molecule has 2 N–H and O–H groups in total. The normalized spacial score (nSPS) is 12.3. The summed E-state index contributed by atoms with van der Waals surface area (Å²) in [6, 6.07) is 5.90. The number of rotatable bonds is 6. The minimum absolute atomic E-state index is 0.0733. The van der Waals surface area contributed by atoms with Gasteiger partial charge in [0.1, 0.15) is 0 Å². The van der Waals surface area contributed by atoms with Crippen molar-refractivity contribution in [3.8, 4) is 0 Å². The van der Waals surface area contributed by atoms with Crippen molar-refractivity contribution in [2.75, 3.05) is 26.1 Å². The number of ether oxygens (including phenoxy) is 1. The van der Waals surface area contributed by atoms with Crippen LogP contribution in [0.5, 0.6) is 0 Å². The Bertz CT molecular complexity index is 430. The first-order valence-electron chi connectivity index (χ1n) is 6.57. The van der Waals surface area contributed by atoms with E-state index in [2.05, 4.69) is 24.5 Å². The third-order valence-corrected chi connectivity index (χ3v) is 3.22. The molecule has 1 rings (SSSR count). The van der Waals surface area contributed by atoms with E-state index in [0.29, 0.717) is 18.1 Å². The number of methoxy groups -OCH3 is 1. The number of nitrogens with one attached hydrogen (secondary N) is 2. The lowest BCUT2D eigenvalue weighted by molar-refractivity contribution is 0.0963. The molecular formula is C15H24N2O2. The van der Waals surface area contributed by atoms with Crippen molar-refractivity contribution in [1.82, 2.24) is 5.32 Å². The molecule has 1 amide bonds. The lowest BCUT2D eigenvalue weighted by Crippen LogP contribution is -2.31. The second-order valence-electron chi connectivity index (χ2n) is 5.06. The van der Waals surface area contributed by atoms with Crippen LogP contribution in [0.3, 0.4) is 0 Å². The maximum atomic E-state index is 11.7. The minimum atomic E-state index is -0.0733. The van der Waals surface area contributed by atoms with Crippen LogP contribution in [0.4, 0.5) is 5.69 Å². The van der Waals surface area contributed by atoms with Crippen LogP contribution in [0.1, 0.15) is 29.8 Å². The zero-order valence-corrected chi connectivity index (χ0v) is 12.4. The number of benzene rings is 1. The molecule has 1 unspecified atom stereocenters. The van der Waals surface area contributed by atoms with Crippen LogP contribution in [0.25, 0.3) is 0 Å². The van der Waals surface area contributed by atoms with Crippen molar-refractivity contribution in [2.24, 2.45) is 5.92 Å². The summed E-state index contributed by atoms with van der Waals surface area (Å²) in [4.78, 5) is 11.7. The first kappa shape index (κ1) is 15.5. The van der Waals surface area contributed by atoms with Gasteiger partial charge in [0.25, 0.3) is 5.91 Å². The molecule has 19 heavy (non-hydrogen) atoms. The number of anilines is 1. The number of amides is 1. The number of hydrogen-bond donors (Lipinski definition) is 2. The van der Waals surface area contributed by atoms with Gasteiger partial charge in [-0.1, -0.05) is 19.9 Å². The van der Waals surface area contributed by atoms with E-state index in [-0.39, 0.29) is 11.9 Å². The molecule has 0 saturated heterocycles. The summed E-state index contributed by atoms with van der Waals surface area (Å²) in [6.07, 6.45) is 0. The van der Waals surface area contributed by atoms with Crippen LogP contribution < -0.4 is 10.6 Å². The standard InChI is InChI=1S/C15H24N2O2/c1-10(2)14(9-19-5)17-13-8-12(15(18)16-4)7-6-11(13)3/h6-8,10,14,17H,9H2,1-5H3,(H,16,18). The average Bonchev–Trinajstić information content (AvgIpc) is 2.39. The lowest BCUT2D eigenvalue weighted by Gasteiger charge is -2.24. The fourth-order valence-corrected chi connectivity index (χ4v) is 1.84. The maximum Gasteiger partial charge on any atom is 0.251 e. The molecule has 1 aromatic rings. The molecule has 0 aromatic heterocycles. The fourth-order valence-electron chi connectivity index (χ4n) is 1.84. The predicted molar refractivity (Wildman–Crippen MR) is 78.7 cm³/mol. The Morgan fingerprint density at radius 1 is 1.37 bits per heavy atom. The van der Waals surface area contributed by atoms with Crippen molar-refractivity contribution in [1.29, 1.82) is 0 Å². The molecule has 0 aliphatic rings. The van der Waals surface area contributed by atoms with Gasteiger partial charge in [-0.25, -0.2) is 0 Å². The smallest absolute Gasteiger partial charge is 0.251 e. The largest absolute Gasteiger partial charge is 0.383 e. The van der Waals surface area contributed by atoms with Crippen LogP contribution in [0, 0.1) is 12.8 Å². The first-order chi connectivity index (χ1) is 8.99. The van der Waals surface area contributed by atoms with Gasteiger partial charge in [0.15, 0.2) is 0 Å². The van der Waals surface area contributed by atoms with Gasteiger partial charge in [-0.15, -0.1) is 0 Å². The summed E-state index contributed by atoms with van der Waals surface area (Å²) in [5.41, 5.74) is 2.77. The van der Waals surface area contributed by atoms with Crippen LogP contribution in [-0.4, -0.2) is 32.7 Å². The quantitative estimate of drug-likeness (QED) is 0.829. The van der Waals surface area contributed by atoms with Gasteiger partial charge in [0.2, 0.25) is 0 Å². The number of carbonyl (C=O) groups is 1. The SMILES string of the molecule is CNC(=O)c1ccc(C)c(NC(COC)C(C)C)c1. The van der Waals surface area contributed by atoms with Gasteiger partial charge in [-0.2, -0.15) is 0 Å². The highest BCUT2D eigenvalue weighted by atomic mass is 16.5. The van der Waals surface area contributed by atoms with Crippen LogP contribution >= 0.6 is 0 Å². The van der Waals surface area contributed by atoms with Crippen LogP contribution in [0.2, 0.25) is 0 Å². The molecule has 1 aromatic carbocycles. The average molecular weight is 264 g/mol. The van der Waals surface area contributed by atoms with Gasteiger partial charge in [0, 0.05) is 25.4 Å².